The van der Waals surface area contributed by atoms with E-state index in [0.717, 1.165) is 6.26 Å². The standard InChI is InChI=1S/C21H24FNO5S/c1-4-28-21(25)20-18(16-7-5-6-15(12(2)24)19(16)23-20)13-8-9-14(17(22)10-13)11-29(3,26)27/h5-6,9-10,13,16,23H,4,7-8,11H2,1-3H3. The normalized spacial score (nSPS) is 24.0. The van der Waals surface area contributed by atoms with E-state index in [0.29, 0.717) is 29.7 Å². The smallest absolute Gasteiger partial charge is 0.354 e. The summed E-state index contributed by atoms with van der Waals surface area (Å²) in [5.41, 5.74) is 2.18. The summed E-state index contributed by atoms with van der Waals surface area (Å²) in [6.07, 6.45) is 8.53. The molecule has 8 heteroatoms. The van der Waals surface area contributed by atoms with Crippen molar-refractivity contribution in [2.45, 2.75) is 26.7 Å². The highest BCUT2D eigenvalue weighted by molar-refractivity contribution is 7.90. The predicted molar refractivity (Wildman–Crippen MR) is 107 cm³/mol. The van der Waals surface area contributed by atoms with Gasteiger partial charge in [0.25, 0.3) is 0 Å². The van der Waals surface area contributed by atoms with Crippen molar-refractivity contribution in [3.63, 3.8) is 0 Å². The van der Waals surface area contributed by atoms with E-state index in [1.807, 2.05) is 6.08 Å². The molecule has 1 aliphatic heterocycles. The molecule has 156 valence electrons. The van der Waals surface area contributed by atoms with Gasteiger partial charge in [0.1, 0.15) is 11.5 Å². The first-order valence-electron chi connectivity index (χ1n) is 9.46. The zero-order valence-corrected chi connectivity index (χ0v) is 17.4. The van der Waals surface area contributed by atoms with Gasteiger partial charge in [0.2, 0.25) is 0 Å². The summed E-state index contributed by atoms with van der Waals surface area (Å²) < 4.78 is 42.9. The number of ether oxygens (including phenoxy) is 1. The molecule has 2 unspecified atom stereocenters. The summed E-state index contributed by atoms with van der Waals surface area (Å²) in [6.45, 7) is 3.34. The molecule has 0 radical (unpaired) electrons. The second kappa shape index (κ2) is 8.10. The molecule has 0 aromatic heterocycles. The maximum absolute atomic E-state index is 14.7. The van der Waals surface area contributed by atoms with Gasteiger partial charge >= 0.3 is 5.97 Å². The van der Waals surface area contributed by atoms with Gasteiger partial charge in [-0.3, -0.25) is 4.79 Å². The summed E-state index contributed by atoms with van der Waals surface area (Å²) in [7, 11) is -3.36. The molecule has 2 aliphatic carbocycles. The monoisotopic (exact) mass is 421 g/mol. The number of hydrogen-bond donors (Lipinski definition) is 1. The Morgan fingerprint density at radius 2 is 2.03 bits per heavy atom. The quantitative estimate of drug-likeness (QED) is 0.664. The molecule has 0 fully saturated rings. The highest BCUT2D eigenvalue weighted by atomic mass is 32.2. The van der Waals surface area contributed by atoms with Crippen molar-refractivity contribution in [1.82, 2.24) is 5.32 Å². The third-order valence-corrected chi connectivity index (χ3v) is 6.00. The fourth-order valence-corrected chi connectivity index (χ4v) is 4.82. The average molecular weight is 421 g/mol. The molecule has 0 saturated carbocycles. The van der Waals surface area contributed by atoms with Crippen LogP contribution < -0.4 is 5.32 Å². The number of carbonyl (C=O) groups excluding carboxylic acids is 2. The Labute approximate surface area is 169 Å². The summed E-state index contributed by atoms with van der Waals surface area (Å²) in [5.74, 6) is -2.33. The van der Waals surface area contributed by atoms with Crippen molar-refractivity contribution in [2.75, 3.05) is 18.6 Å². The number of sulfone groups is 1. The molecule has 3 aliphatic rings. The Bertz CT molecular complexity index is 1010. The van der Waals surface area contributed by atoms with Crippen LogP contribution in [-0.4, -0.2) is 38.8 Å². The lowest BCUT2D eigenvalue weighted by atomic mass is 9.78. The first kappa shape index (κ1) is 21.2. The molecule has 2 atom stereocenters. The average Bonchev–Trinajstić information content (AvgIpc) is 3.02. The van der Waals surface area contributed by atoms with Crippen molar-refractivity contribution in [3.8, 4) is 0 Å². The van der Waals surface area contributed by atoms with E-state index in [2.05, 4.69) is 5.32 Å². The number of ketones is 1. The van der Waals surface area contributed by atoms with Gasteiger partial charge < -0.3 is 10.1 Å². The second-order valence-electron chi connectivity index (χ2n) is 7.41. The Balaban J connectivity index is 2.01. The minimum Gasteiger partial charge on any atom is -0.461 e. The molecule has 0 aromatic carbocycles. The van der Waals surface area contributed by atoms with E-state index in [1.165, 1.54) is 13.0 Å². The van der Waals surface area contributed by atoms with E-state index in [-0.39, 0.29) is 35.3 Å². The zero-order chi connectivity index (χ0) is 21.3. The molecule has 1 heterocycles. The van der Waals surface area contributed by atoms with Crippen molar-refractivity contribution >= 4 is 21.6 Å². The van der Waals surface area contributed by atoms with Crippen LogP contribution in [0.25, 0.3) is 0 Å². The number of halogens is 1. The molecule has 29 heavy (non-hydrogen) atoms. The Morgan fingerprint density at radius 1 is 1.31 bits per heavy atom. The van der Waals surface area contributed by atoms with Crippen LogP contribution in [0.4, 0.5) is 4.39 Å². The maximum atomic E-state index is 14.7. The molecule has 3 rings (SSSR count). The molecule has 0 aromatic rings. The van der Waals surface area contributed by atoms with Gasteiger partial charge in [-0.05, 0) is 43.9 Å². The number of esters is 1. The molecule has 0 bridgehead atoms. The van der Waals surface area contributed by atoms with Crippen molar-refractivity contribution in [2.24, 2.45) is 11.8 Å². The van der Waals surface area contributed by atoms with Crippen LogP contribution in [0.1, 0.15) is 26.7 Å². The number of carbonyl (C=O) groups is 2. The van der Waals surface area contributed by atoms with Gasteiger partial charge in [-0.1, -0.05) is 18.2 Å². The number of fused-ring (bicyclic) bond motifs is 1. The molecular formula is C21H24FNO5S. The molecule has 0 spiro atoms. The minimum absolute atomic E-state index is 0.126. The van der Waals surface area contributed by atoms with Crippen LogP contribution in [0.3, 0.4) is 0 Å². The number of rotatable bonds is 6. The van der Waals surface area contributed by atoms with Gasteiger partial charge in [-0.15, -0.1) is 0 Å². The lowest BCUT2D eigenvalue weighted by Gasteiger charge is -2.25. The van der Waals surface area contributed by atoms with Gasteiger partial charge in [0.05, 0.1) is 12.4 Å². The van der Waals surface area contributed by atoms with Crippen molar-refractivity contribution < 1.29 is 27.1 Å². The molecule has 0 saturated heterocycles. The summed E-state index contributed by atoms with van der Waals surface area (Å²) in [4.78, 5) is 24.6. The van der Waals surface area contributed by atoms with Gasteiger partial charge in [0, 0.05) is 29.4 Å². The number of Topliss-reactive ketones (excluding diaryl/α,β-unsaturated/α-hetero) is 1. The topological polar surface area (TPSA) is 89.5 Å². The van der Waals surface area contributed by atoms with E-state index in [1.54, 1.807) is 19.1 Å². The molecule has 6 nitrogen and oxygen atoms in total. The van der Waals surface area contributed by atoms with Crippen LogP contribution in [0.2, 0.25) is 0 Å². The highest BCUT2D eigenvalue weighted by Gasteiger charge is 2.40. The minimum atomic E-state index is -3.36. The van der Waals surface area contributed by atoms with E-state index >= 15 is 0 Å². The van der Waals surface area contributed by atoms with Gasteiger partial charge in [-0.25, -0.2) is 17.6 Å². The molecule has 1 N–H and O–H groups in total. The van der Waals surface area contributed by atoms with E-state index in [9.17, 15) is 22.4 Å². The van der Waals surface area contributed by atoms with Crippen LogP contribution in [0.15, 0.2) is 58.2 Å². The Hall–Kier alpha value is -2.48. The lowest BCUT2D eigenvalue weighted by molar-refractivity contribution is -0.138. The highest BCUT2D eigenvalue weighted by Crippen LogP contribution is 2.44. The summed E-state index contributed by atoms with van der Waals surface area (Å²) >= 11 is 0. The van der Waals surface area contributed by atoms with Crippen LogP contribution in [0, 0.1) is 11.8 Å². The van der Waals surface area contributed by atoms with Crippen LogP contribution >= 0.6 is 0 Å². The van der Waals surface area contributed by atoms with Crippen molar-refractivity contribution in [1.29, 1.82) is 0 Å². The molecule has 0 amide bonds. The SMILES string of the molecule is CCOC(=O)C1=C(C2C=C(F)C(CS(C)(=O)=O)=CC2)C2CC=CC(C(C)=O)=C2N1. The third-order valence-electron chi connectivity index (χ3n) is 5.17. The summed E-state index contributed by atoms with van der Waals surface area (Å²) in [5, 5.41) is 3.06. The van der Waals surface area contributed by atoms with Crippen molar-refractivity contribution in [3.05, 3.63) is 58.2 Å². The first-order valence-corrected chi connectivity index (χ1v) is 11.5. The zero-order valence-electron chi connectivity index (χ0n) is 16.6. The first-order chi connectivity index (χ1) is 13.6. The second-order valence-corrected chi connectivity index (χ2v) is 9.55. The van der Waals surface area contributed by atoms with Crippen LogP contribution in [0.5, 0.6) is 0 Å². The number of hydrogen-bond acceptors (Lipinski definition) is 6. The lowest BCUT2D eigenvalue weighted by Crippen LogP contribution is -2.21. The van der Waals surface area contributed by atoms with E-state index < -0.39 is 27.6 Å². The summed E-state index contributed by atoms with van der Waals surface area (Å²) in [6, 6.07) is 0. The fourth-order valence-electron chi connectivity index (χ4n) is 4.00. The maximum Gasteiger partial charge on any atom is 0.354 e. The predicted octanol–water partition coefficient (Wildman–Crippen LogP) is 2.67. The van der Waals surface area contributed by atoms with E-state index in [4.69, 9.17) is 4.74 Å². The Morgan fingerprint density at radius 3 is 2.62 bits per heavy atom. The Kier molecular flexibility index (Phi) is 5.93. The van der Waals surface area contributed by atoms with Gasteiger partial charge in [0.15, 0.2) is 15.6 Å². The third kappa shape index (κ3) is 4.42. The largest absolute Gasteiger partial charge is 0.461 e. The van der Waals surface area contributed by atoms with Gasteiger partial charge in [-0.2, -0.15) is 0 Å². The fraction of sp³-hybridized carbons (Fsp3) is 0.429. The molecular weight excluding hydrogens is 397 g/mol. The number of nitrogens with one attached hydrogen (secondary N) is 1. The number of allylic oxidation sites excluding steroid dienone is 7. The van der Waals surface area contributed by atoms with Crippen LogP contribution in [-0.2, 0) is 24.2 Å².